The molecule has 0 aliphatic carbocycles. The molecule has 0 spiro atoms. The van der Waals surface area contributed by atoms with Gasteiger partial charge in [0.15, 0.2) is 18.7 Å². The fraction of sp³-hybridized carbons (Fsp3) is 0.783. The highest BCUT2D eigenvalue weighted by Crippen LogP contribution is 2.26. The van der Waals surface area contributed by atoms with Crippen molar-refractivity contribution in [1.29, 1.82) is 0 Å². The normalized spacial score (nSPS) is 27.8. The minimum absolute atomic E-state index is 0.127. The fourth-order valence-electron chi connectivity index (χ4n) is 6.73. The molecule has 11 atom stereocenters. The van der Waals surface area contributed by atoms with Crippen molar-refractivity contribution in [3.8, 4) is 0 Å². The highest BCUT2D eigenvalue weighted by atomic mass is 16.7. The van der Waals surface area contributed by atoms with E-state index in [0.717, 1.165) is 64.2 Å². The zero-order chi connectivity index (χ0) is 44.7. The third-order valence-electron chi connectivity index (χ3n) is 10.5. The Morgan fingerprint density at radius 3 is 1.61 bits per heavy atom. The predicted molar refractivity (Wildman–Crippen MR) is 229 cm³/mol. The Morgan fingerprint density at radius 1 is 0.525 bits per heavy atom. The Kier molecular flexibility index (Phi) is 30.4. The zero-order valence-corrected chi connectivity index (χ0v) is 36.6. The van der Waals surface area contributed by atoms with Crippen molar-refractivity contribution < 1.29 is 73.8 Å². The van der Waals surface area contributed by atoms with Crippen LogP contribution >= 0.6 is 0 Å². The molecule has 61 heavy (non-hydrogen) atoms. The lowest BCUT2D eigenvalue weighted by molar-refractivity contribution is -0.332. The first kappa shape index (κ1) is 54.6. The highest BCUT2D eigenvalue weighted by Gasteiger charge is 2.47. The molecule has 0 amide bonds. The number of carbonyl (C=O) groups is 2. The Bertz CT molecular complexity index is 1260. The summed E-state index contributed by atoms with van der Waals surface area (Å²) in [6.07, 6.45) is 17.4. The summed E-state index contributed by atoms with van der Waals surface area (Å²) in [6.45, 7) is 2.42. The summed E-state index contributed by atoms with van der Waals surface area (Å²) in [4.78, 5) is 25.5. The second-order valence-electron chi connectivity index (χ2n) is 15.9. The molecule has 0 aromatic heterocycles. The number of rotatable bonds is 33. The van der Waals surface area contributed by atoms with E-state index in [9.17, 15) is 45.3 Å². The summed E-state index contributed by atoms with van der Waals surface area (Å²) in [7, 11) is 0. The molecular weight excluding hydrogens is 792 g/mol. The maximum Gasteiger partial charge on any atom is 0.306 e. The van der Waals surface area contributed by atoms with Crippen LogP contribution in [-0.2, 0) is 38.0 Å². The lowest BCUT2D eigenvalue weighted by Crippen LogP contribution is -2.61. The van der Waals surface area contributed by atoms with Gasteiger partial charge in [0.2, 0.25) is 0 Å². The first-order valence-electron chi connectivity index (χ1n) is 22.7. The van der Waals surface area contributed by atoms with E-state index < -0.39 is 99.3 Å². The number of unbranched alkanes of at least 4 members (excludes halogenated alkanes) is 11. The number of carbonyl (C=O) groups excluding carboxylic acids is 2. The molecule has 2 aliphatic heterocycles. The molecule has 15 nitrogen and oxygen atoms in total. The molecular formula is C46H78O15. The molecule has 15 heteroatoms. The van der Waals surface area contributed by atoms with Crippen molar-refractivity contribution in [2.24, 2.45) is 0 Å². The topological polar surface area (TPSA) is 231 Å². The number of aliphatic hydroxyl groups is 7. The summed E-state index contributed by atoms with van der Waals surface area (Å²) in [5.74, 6) is -0.970. The second-order valence-corrected chi connectivity index (χ2v) is 15.9. The van der Waals surface area contributed by atoms with Crippen LogP contribution in [0.3, 0.4) is 0 Å². The van der Waals surface area contributed by atoms with Gasteiger partial charge in [0.05, 0.1) is 19.8 Å². The summed E-state index contributed by atoms with van der Waals surface area (Å²) < 4.78 is 33.3. The van der Waals surface area contributed by atoms with Gasteiger partial charge in [0.25, 0.3) is 0 Å². The molecule has 0 radical (unpaired) electrons. The van der Waals surface area contributed by atoms with Crippen molar-refractivity contribution in [3.05, 3.63) is 48.6 Å². The fourth-order valence-corrected chi connectivity index (χ4v) is 6.73. The maximum absolute atomic E-state index is 12.9. The molecule has 2 saturated heterocycles. The van der Waals surface area contributed by atoms with Gasteiger partial charge >= 0.3 is 11.9 Å². The van der Waals surface area contributed by atoms with Crippen LogP contribution in [-0.4, -0.2) is 142 Å². The minimum Gasteiger partial charge on any atom is -0.462 e. The molecule has 2 rings (SSSR count). The average molecular weight is 871 g/mol. The van der Waals surface area contributed by atoms with Crippen molar-refractivity contribution in [1.82, 2.24) is 0 Å². The van der Waals surface area contributed by atoms with E-state index in [0.29, 0.717) is 12.8 Å². The molecule has 2 fully saturated rings. The zero-order valence-electron chi connectivity index (χ0n) is 36.6. The molecule has 0 bridgehead atoms. The van der Waals surface area contributed by atoms with E-state index >= 15 is 0 Å². The molecule has 0 aromatic rings. The van der Waals surface area contributed by atoms with Crippen LogP contribution in [0.4, 0.5) is 0 Å². The van der Waals surface area contributed by atoms with Crippen molar-refractivity contribution in [2.75, 3.05) is 26.4 Å². The molecule has 7 N–H and O–H groups in total. The number of esters is 2. The van der Waals surface area contributed by atoms with Crippen LogP contribution in [0.15, 0.2) is 48.6 Å². The molecule has 0 saturated carbocycles. The van der Waals surface area contributed by atoms with Gasteiger partial charge in [-0.25, -0.2) is 0 Å². The van der Waals surface area contributed by atoms with Crippen LogP contribution in [0.25, 0.3) is 0 Å². The number of hydrogen-bond acceptors (Lipinski definition) is 15. The van der Waals surface area contributed by atoms with Gasteiger partial charge in [-0.15, -0.1) is 0 Å². The number of allylic oxidation sites excluding steroid dienone is 8. The first-order chi connectivity index (χ1) is 29.5. The highest BCUT2D eigenvalue weighted by molar-refractivity contribution is 5.70. The Balaban J connectivity index is 1.86. The largest absolute Gasteiger partial charge is 0.462 e. The lowest BCUT2D eigenvalue weighted by Gasteiger charge is -2.42. The summed E-state index contributed by atoms with van der Waals surface area (Å²) >= 11 is 0. The van der Waals surface area contributed by atoms with Crippen LogP contribution in [0.2, 0.25) is 0 Å². The Labute approximate surface area is 363 Å². The van der Waals surface area contributed by atoms with E-state index in [1.807, 2.05) is 0 Å². The van der Waals surface area contributed by atoms with Crippen molar-refractivity contribution in [3.63, 3.8) is 0 Å². The van der Waals surface area contributed by atoms with Gasteiger partial charge in [-0.1, -0.05) is 120 Å². The molecule has 0 aromatic carbocycles. The van der Waals surface area contributed by atoms with Gasteiger partial charge in [-0.05, 0) is 51.4 Å². The van der Waals surface area contributed by atoms with Gasteiger partial charge in [-0.3, -0.25) is 9.59 Å². The van der Waals surface area contributed by atoms with Gasteiger partial charge in [-0.2, -0.15) is 0 Å². The van der Waals surface area contributed by atoms with Gasteiger partial charge in [0, 0.05) is 12.8 Å². The van der Waals surface area contributed by atoms with Gasteiger partial charge in [0.1, 0.15) is 55.4 Å². The van der Waals surface area contributed by atoms with E-state index in [1.54, 1.807) is 0 Å². The van der Waals surface area contributed by atoms with Crippen LogP contribution in [0.1, 0.15) is 136 Å². The lowest BCUT2D eigenvalue weighted by atomic mass is 9.98. The average Bonchev–Trinajstić information content (AvgIpc) is 3.25. The van der Waals surface area contributed by atoms with Crippen molar-refractivity contribution >= 4 is 11.9 Å². The standard InChI is InChI=1S/C46H78O15/c1-3-5-7-9-11-13-14-15-16-17-18-19-20-21-23-25-27-29-38(49)59-34(31-56-37(48)28-26-24-22-12-10-8-6-4-2)32-57-45-44(55)42(53)40(51)36(61-45)33-58-46-43(54)41(52)39(50)35(30-47)60-46/h7,9,13-14,16-17,19-20,34-36,39-47,50-55H,3-6,8,10-12,15,18,21-33H2,1-2H3/b9-7+,14-13+,17-16+,20-19+/t34-,35+,36+,39-,40-,41?,42?,43?,44?,45+,46+/m1/s1. The summed E-state index contributed by atoms with van der Waals surface area (Å²) in [6, 6.07) is 0. The quantitative estimate of drug-likeness (QED) is 0.0268. The predicted octanol–water partition coefficient (Wildman–Crippen LogP) is 4.76. The van der Waals surface area contributed by atoms with Crippen molar-refractivity contribution in [2.45, 2.75) is 203 Å². The van der Waals surface area contributed by atoms with Gasteiger partial charge < -0.3 is 64.2 Å². The third-order valence-corrected chi connectivity index (χ3v) is 10.5. The maximum atomic E-state index is 12.9. The number of hydrogen-bond donors (Lipinski definition) is 7. The first-order valence-corrected chi connectivity index (χ1v) is 22.7. The SMILES string of the molecule is CCC/C=C/C/C=C/C/C=C/C/C=C/CCCCCC(=O)O[C@H](COC(=O)CCCCCCCCCC)CO[C@H]1O[C@@H](CO[C@H]2O[C@@H](CO)[C@@H](O)C(O)C2O)[C@@H](O)C(O)C1O. The van der Waals surface area contributed by atoms with Crippen LogP contribution in [0, 0.1) is 0 Å². The van der Waals surface area contributed by atoms with Crippen LogP contribution in [0.5, 0.6) is 0 Å². The Morgan fingerprint density at radius 2 is 1.02 bits per heavy atom. The molecule has 352 valence electrons. The number of aliphatic hydroxyl groups excluding tert-OH is 7. The molecule has 2 heterocycles. The van der Waals surface area contributed by atoms with Crippen LogP contribution < -0.4 is 0 Å². The summed E-state index contributed by atoms with van der Waals surface area (Å²) in [5.41, 5.74) is 0. The van der Waals surface area contributed by atoms with E-state index in [-0.39, 0.29) is 19.4 Å². The smallest absolute Gasteiger partial charge is 0.306 e. The Hall–Kier alpha value is -2.54. The molecule has 4 unspecified atom stereocenters. The van der Waals surface area contributed by atoms with E-state index in [2.05, 4.69) is 62.5 Å². The molecule has 2 aliphatic rings. The van der Waals surface area contributed by atoms with E-state index in [1.165, 1.54) is 32.1 Å². The monoisotopic (exact) mass is 871 g/mol. The number of ether oxygens (including phenoxy) is 6. The summed E-state index contributed by atoms with van der Waals surface area (Å²) in [5, 5.41) is 71.8. The van der Waals surface area contributed by atoms with E-state index in [4.69, 9.17) is 28.4 Å². The minimum atomic E-state index is -1.77. The third kappa shape index (κ3) is 23.1. The second kappa shape index (κ2) is 33.9.